The first kappa shape index (κ1) is 11.1. The molecule has 4 nitrogen and oxygen atoms in total. The molecule has 18 heavy (non-hydrogen) atoms. The maximum absolute atomic E-state index is 12.0. The van der Waals surface area contributed by atoms with Crippen LogP contribution in [0.25, 0.3) is 10.9 Å². The smallest absolute Gasteiger partial charge is 0.252 e. The third-order valence-electron chi connectivity index (χ3n) is 3.60. The van der Waals surface area contributed by atoms with Crippen LogP contribution in [0.5, 0.6) is 11.5 Å². The monoisotopic (exact) mass is 245 g/mol. The molecule has 1 heterocycles. The van der Waals surface area contributed by atoms with Gasteiger partial charge < -0.3 is 14.5 Å². The molecule has 1 aromatic heterocycles. The second kappa shape index (κ2) is 4.05. The van der Waals surface area contributed by atoms with Gasteiger partial charge in [-0.2, -0.15) is 0 Å². The Labute approximate surface area is 105 Å². The van der Waals surface area contributed by atoms with Crippen LogP contribution in [-0.2, 0) is 12.8 Å². The highest BCUT2D eigenvalue weighted by molar-refractivity contribution is 5.93. The molecule has 0 saturated carbocycles. The number of fused-ring (bicyclic) bond motifs is 3. The standard InChI is InChI=1S/C14H15NO3/c1-17-10-6-7-11(18-2)13-12(10)8-4-3-5-9(8)14(16)15-13/h6-7H,3-5H2,1-2H3,(H,15,16). The minimum atomic E-state index is 0.00144. The molecule has 0 amide bonds. The van der Waals surface area contributed by atoms with E-state index in [4.69, 9.17) is 9.47 Å². The first-order valence-electron chi connectivity index (χ1n) is 6.05. The number of methoxy groups -OCH3 is 2. The van der Waals surface area contributed by atoms with E-state index in [0.717, 1.165) is 47.0 Å². The number of nitrogens with one attached hydrogen (secondary N) is 1. The summed E-state index contributed by atoms with van der Waals surface area (Å²) in [4.78, 5) is 15.0. The lowest BCUT2D eigenvalue weighted by molar-refractivity contribution is 0.409. The molecule has 0 radical (unpaired) electrons. The van der Waals surface area contributed by atoms with E-state index >= 15 is 0 Å². The fourth-order valence-corrected chi connectivity index (χ4v) is 2.79. The first-order chi connectivity index (χ1) is 8.76. The van der Waals surface area contributed by atoms with E-state index in [1.807, 2.05) is 12.1 Å². The van der Waals surface area contributed by atoms with Gasteiger partial charge in [0.2, 0.25) is 0 Å². The van der Waals surface area contributed by atoms with Crippen molar-refractivity contribution < 1.29 is 9.47 Å². The predicted molar refractivity (Wildman–Crippen MR) is 69.7 cm³/mol. The molecule has 0 saturated heterocycles. The molecule has 0 atom stereocenters. The maximum Gasteiger partial charge on any atom is 0.252 e. The molecule has 0 unspecified atom stereocenters. The number of rotatable bonds is 2. The number of benzene rings is 1. The van der Waals surface area contributed by atoms with Crippen LogP contribution in [-0.4, -0.2) is 19.2 Å². The summed E-state index contributed by atoms with van der Waals surface area (Å²) < 4.78 is 10.7. The van der Waals surface area contributed by atoms with Gasteiger partial charge in [0, 0.05) is 10.9 Å². The van der Waals surface area contributed by atoms with E-state index in [9.17, 15) is 4.79 Å². The highest BCUT2D eigenvalue weighted by Crippen LogP contribution is 2.37. The van der Waals surface area contributed by atoms with Crippen molar-refractivity contribution in [2.75, 3.05) is 14.2 Å². The van der Waals surface area contributed by atoms with Crippen LogP contribution in [0.1, 0.15) is 17.5 Å². The number of ether oxygens (including phenoxy) is 2. The van der Waals surface area contributed by atoms with Crippen LogP contribution >= 0.6 is 0 Å². The van der Waals surface area contributed by atoms with E-state index < -0.39 is 0 Å². The van der Waals surface area contributed by atoms with Gasteiger partial charge in [-0.15, -0.1) is 0 Å². The molecule has 1 aromatic carbocycles. The Morgan fingerprint density at radius 1 is 1.06 bits per heavy atom. The Bertz CT molecular complexity index is 673. The SMILES string of the molecule is COc1ccc(OC)c2c3c(c(=O)[nH]c12)CCC3. The second-order valence-corrected chi connectivity index (χ2v) is 4.48. The van der Waals surface area contributed by atoms with Crippen LogP contribution in [0, 0.1) is 0 Å². The zero-order chi connectivity index (χ0) is 12.7. The molecule has 1 aliphatic carbocycles. The summed E-state index contributed by atoms with van der Waals surface area (Å²) >= 11 is 0. The van der Waals surface area contributed by atoms with Gasteiger partial charge in [0.05, 0.1) is 19.7 Å². The van der Waals surface area contributed by atoms with E-state index in [1.165, 1.54) is 0 Å². The molecule has 0 bridgehead atoms. The van der Waals surface area contributed by atoms with Gasteiger partial charge in [-0.05, 0) is 37.0 Å². The number of aromatic amines is 1. The van der Waals surface area contributed by atoms with Gasteiger partial charge >= 0.3 is 0 Å². The van der Waals surface area contributed by atoms with Crippen molar-refractivity contribution in [2.45, 2.75) is 19.3 Å². The average Bonchev–Trinajstić information content (AvgIpc) is 2.87. The van der Waals surface area contributed by atoms with Gasteiger partial charge in [0.15, 0.2) is 0 Å². The lowest BCUT2D eigenvalue weighted by Crippen LogP contribution is -2.13. The van der Waals surface area contributed by atoms with Crippen LogP contribution in [0.2, 0.25) is 0 Å². The lowest BCUT2D eigenvalue weighted by atomic mass is 10.0. The number of aryl methyl sites for hydroxylation is 1. The molecule has 2 aromatic rings. The number of hydrogen-bond donors (Lipinski definition) is 1. The molecule has 1 N–H and O–H groups in total. The largest absolute Gasteiger partial charge is 0.496 e. The predicted octanol–water partition coefficient (Wildman–Crippen LogP) is 2.03. The maximum atomic E-state index is 12.0. The Hall–Kier alpha value is -1.97. The van der Waals surface area contributed by atoms with Crippen molar-refractivity contribution in [3.05, 3.63) is 33.6 Å². The van der Waals surface area contributed by atoms with Gasteiger partial charge in [-0.3, -0.25) is 4.79 Å². The Morgan fingerprint density at radius 3 is 2.44 bits per heavy atom. The van der Waals surface area contributed by atoms with E-state index in [0.29, 0.717) is 5.75 Å². The normalized spacial score (nSPS) is 13.7. The fraction of sp³-hybridized carbons (Fsp3) is 0.357. The highest BCUT2D eigenvalue weighted by Gasteiger charge is 2.21. The topological polar surface area (TPSA) is 51.3 Å². The minimum absolute atomic E-state index is 0.00144. The van der Waals surface area contributed by atoms with Gasteiger partial charge in [-0.25, -0.2) is 0 Å². The molecular weight excluding hydrogens is 230 g/mol. The zero-order valence-electron chi connectivity index (χ0n) is 10.5. The first-order valence-corrected chi connectivity index (χ1v) is 6.05. The summed E-state index contributed by atoms with van der Waals surface area (Å²) in [6, 6.07) is 3.70. The molecule has 1 aliphatic rings. The van der Waals surface area contributed by atoms with Crippen molar-refractivity contribution in [3.8, 4) is 11.5 Å². The van der Waals surface area contributed by atoms with Crippen molar-refractivity contribution in [3.63, 3.8) is 0 Å². The molecular formula is C14H15NO3. The number of aromatic nitrogens is 1. The summed E-state index contributed by atoms with van der Waals surface area (Å²) in [6.07, 6.45) is 2.80. The Kier molecular flexibility index (Phi) is 2.51. The van der Waals surface area contributed by atoms with Crippen LogP contribution in [0.4, 0.5) is 0 Å². The van der Waals surface area contributed by atoms with E-state index in [2.05, 4.69) is 4.98 Å². The quantitative estimate of drug-likeness (QED) is 0.880. The molecule has 4 heteroatoms. The molecule has 0 fully saturated rings. The molecule has 94 valence electrons. The zero-order valence-corrected chi connectivity index (χ0v) is 10.5. The Balaban J connectivity index is 2.49. The van der Waals surface area contributed by atoms with Crippen LogP contribution in [0.15, 0.2) is 16.9 Å². The average molecular weight is 245 g/mol. The lowest BCUT2D eigenvalue weighted by Gasteiger charge is -2.12. The Morgan fingerprint density at radius 2 is 1.72 bits per heavy atom. The summed E-state index contributed by atoms with van der Waals surface area (Å²) in [6.45, 7) is 0. The third kappa shape index (κ3) is 1.41. The van der Waals surface area contributed by atoms with Crippen molar-refractivity contribution in [1.82, 2.24) is 4.98 Å². The summed E-state index contributed by atoms with van der Waals surface area (Å²) in [5.41, 5.74) is 2.75. The van der Waals surface area contributed by atoms with E-state index in [1.54, 1.807) is 14.2 Å². The van der Waals surface area contributed by atoms with Crippen LogP contribution in [0.3, 0.4) is 0 Å². The van der Waals surface area contributed by atoms with Gasteiger partial charge in [0.25, 0.3) is 5.56 Å². The van der Waals surface area contributed by atoms with Crippen molar-refractivity contribution >= 4 is 10.9 Å². The number of H-pyrrole nitrogens is 1. The fourth-order valence-electron chi connectivity index (χ4n) is 2.79. The van der Waals surface area contributed by atoms with E-state index in [-0.39, 0.29) is 5.56 Å². The van der Waals surface area contributed by atoms with Crippen LogP contribution < -0.4 is 15.0 Å². The van der Waals surface area contributed by atoms with Gasteiger partial charge in [0.1, 0.15) is 11.5 Å². The number of hydrogen-bond acceptors (Lipinski definition) is 3. The summed E-state index contributed by atoms with van der Waals surface area (Å²) in [7, 11) is 3.25. The third-order valence-corrected chi connectivity index (χ3v) is 3.60. The number of pyridine rings is 1. The highest BCUT2D eigenvalue weighted by atomic mass is 16.5. The molecule has 0 spiro atoms. The van der Waals surface area contributed by atoms with Gasteiger partial charge in [-0.1, -0.05) is 0 Å². The molecule has 0 aliphatic heterocycles. The van der Waals surface area contributed by atoms with Crippen molar-refractivity contribution in [2.24, 2.45) is 0 Å². The van der Waals surface area contributed by atoms with Crippen molar-refractivity contribution in [1.29, 1.82) is 0 Å². The summed E-state index contributed by atoms with van der Waals surface area (Å²) in [5.74, 6) is 1.47. The summed E-state index contributed by atoms with van der Waals surface area (Å²) in [5, 5.41) is 0.990. The minimum Gasteiger partial charge on any atom is -0.496 e. The molecule has 3 rings (SSSR count). The second-order valence-electron chi connectivity index (χ2n) is 4.48.